The fourth-order valence-corrected chi connectivity index (χ4v) is 1.75. The molecular formula is C12H19NO4S. The van der Waals surface area contributed by atoms with E-state index in [0.29, 0.717) is 5.75 Å². The molecule has 1 atom stereocenters. The summed E-state index contributed by atoms with van der Waals surface area (Å²) < 4.78 is 5.00. The van der Waals surface area contributed by atoms with Gasteiger partial charge in [0.25, 0.3) is 0 Å². The Labute approximate surface area is 112 Å². The summed E-state index contributed by atoms with van der Waals surface area (Å²) in [4.78, 5) is 22.4. The number of carbonyl (C=O) groups is 2. The van der Waals surface area contributed by atoms with Gasteiger partial charge >= 0.3 is 12.1 Å². The van der Waals surface area contributed by atoms with Crippen molar-refractivity contribution >= 4 is 23.8 Å². The van der Waals surface area contributed by atoms with Gasteiger partial charge in [0.1, 0.15) is 11.6 Å². The van der Waals surface area contributed by atoms with E-state index in [1.807, 2.05) is 0 Å². The van der Waals surface area contributed by atoms with Crippen LogP contribution < -0.4 is 5.32 Å². The van der Waals surface area contributed by atoms with E-state index in [0.717, 1.165) is 0 Å². The number of carbonyl (C=O) groups excluding carboxylic acids is 1. The molecule has 0 aromatic rings. The largest absolute Gasteiger partial charge is 0.480 e. The summed E-state index contributed by atoms with van der Waals surface area (Å²) >= 11 is 1.35. The van der Waals surface area contributed by atoms with Gasteiger partial charge in [0, 0.05) is 5.75 Å². The minimum Gasteiger partial charge on any atom is -0.480 e. The quantitative estimate of drug-likeness (QED) is 0.589. The van der Waals surface area contributed by atoms with E-state index in [1.54, 1.807) is 27.7 Å². The van der Waals surface area contributed by atoms with E-state index in [2.05, 4.69) is 17.2 Å². The van der Waals surface area contributed by atoms with Gasteiger partial charge in [0.05, 0.1) is 5.75 Å². The van der Waals surface area contributed by atoms with Crippen LogP contribution >= 0.6 is 11.8 Å². The zero-order chi connectivity index (χ0) is 14.2. The minimum atomic E-state index is -1.09. The number of hydrogen-bond donors (Lipinski definition) is 2. The third-order valence-electron chi connectivity index (χ3n) is 1.62. The molecule has 0 rings (SSSR count). The average Bonchev–Trinajstić information content (AvgIpc) is 2.19. The van der Waals surface area contributed by atoms with Crippen LogP contribution in [0.2, 0.25) is 0 Å². The lowest BCUT2D eigenvalue weighted by atomic mass is 10.2. The maximum absolute atomic E-state index is 11.4. The van der Waals surface area contributed by atoms with Crippen LogP contribution in [0.15, 0.2) is 0 Å². The second-order valence-electron chi connectivity index (χ2n) is 4.48. The van der Waals surface area contributed by atoms with Gasteiger partial charge in [-0.25, -0.2) is 9.59 Å². The Hall–Kier alpha value is -1.35. The molecule has 1 unspecified atom stereocenters. The second kappa shape index (κ2) is 7.88. The molecule has 2 N–H and O–H groups in total. The molecule has 6 heteroatoms. The summed E-state index contributed by atoms with van der Waals surface area (Å²) in [6.45, 7) is 6.87. The van der Waals surface area contributed by atoms with Gasteiger partial charge in [-0.05, 0) is 27.7 Å². The summed E-state index contributed by atoms with van der Waals surface area (Å²) in [6, 6.07) is -0.969. The van der Waals surface area contributed by atoms with Crippen molar-refractivity contribution in [2.24, 2.45) is 0 Å². The lowest BCUT2D eigenvalue weighted by Gasteiger charge is -2.21. The molecule has 102 valence electrons. The number of amides is 1. The summed E-state index contributed by atoms with van der Waals surface area (Å²) in [5, 5.41) is 11.3. The molecule has 0 saturated heterocycles. The fourth-order valence-electron chi connectivity index (χ4n) is 0.924. The van der Waals surface area contributed by atoms with Crippen LogP contribution in [0.3, 0.4) is 0 Å². The van der Waals surface area contributed by atoms with Crippen molar-refractivity contribution in [3.63, 3.8) is 0 Å². The molecule has 0 radical (unpaired) electrons. The highest BCUT2D eigenvalue weighted by Crippen LogP contribution is 2.08. The topological polar surface area (TPSA) is 75.6 Å². The number of thioether (sulfide) groups is 1. The molecule has 0 aliphatic heterocycles. The van der Waals surface area contributed by atoms with Crippen molar-refractivity contribution in [1.29, 1.82) is 0 Å². The lowest BCUT2D eigenvalue weighted by molar-refractivity contribution is -0.138. The lowest BCUT2D eigenvalue weighted by Crippen LogP contribution is -2.45. The van der Waals surface area contributed by atoms with Crippen molar-refractivity contribution in [3.8, 4) is 11.8 Å². The molecule has 0 spiro atoms. The standard InChI is InChI=1S/C12H19NO4S/c1-5-6-7-18-8-9(10(14)15)13-11(16)17-12(2,3)4/h9H,7-8H2,1-4H3,(H,13,16)(H,14,15). The molecule has 18 heavy (non-hydrogen) atoms. The molecule has 0 bridgehead atoms. The Bertz CT molecular complexity index is 351. The zero-order valence-corrected chi connectivity index (χ0v) is 11.9. The first-order valence-corrected chi connectivity index (χ1v) is 6.61. The van der Waals surface area contributed by atoms with Gasteiger partial charge in [0.15, 0.2) is 0 Å². The first kappa shape index (κ1) is 16.6. The number of hydrogen-bond acceptors (Lipinski definition) is 4. The predicted molar refractivity (Wildman–Crippen MR) is 71.6 cm³/mol. The average molecular weight is 273 g/mol. The zero-order valence-electron chi connectivity index (χ0n) is 11.1. The van der Waals surface area contributed by atoms with E-state index in [9.17, 15) is 9.59 Å². The predicted octanol–water partition coefficient (Wildman–Crippen LogP) is 1.72. The third-order valence-corrected chi connectivity index (χ3v) is 2.54. The Kier molecular flexibility index (Phi) is 7.29. The molecule has 0 fully saturated rings. The van der Waals surface area contributed by atoms with E-state index in [-0.39, 0.29) is 5.75 Å². The van der Waals surface area contributed by atoms with E-state index >= 15 is 0 Å². The molecule has 0 heterocycles. The number of carboxylic acids is 1. The maximum atomic E-state index is 11.4. The van der Waals surface area contributed by atoms with Gasteiger partial charge in [0.2, 0.25) is 0 Å². The first-order chi connectivity index (χ1) is 8.26. The Morgan fingerprint density at radius 2 is 2.06 bits per heavy atom. The van der Waals surface area contributed by atoms with Crippen molar-refractivity contribution in [3.05, 3.63) is 0 Å². The molecule has 1 amide bonds. The van der Waals surface area contributed by atoms with Crippen molar-refractivity contribution < 1.29 is 19.4 Å². The normalized spacial score (nSPS) is 12.0. The highest BCUT2D eigenvalue weighted by Gasteiger charge is 2.23. The van der Waals surface area contributed by atoms with E-state index in [4.69, 9.17) is 9.84 Å². The molecule has 0 aliphatic rings. The molecule has 0 aromatic heterocycles. The number of alkyl carbamates (subject to hydrolysis) is 1. The van der Waals surface area contributed by atoms with Crippen molar-refractivity contribution in [2.45, 2.75) is 39.3 Å². The van der Waals surface area contributed by atoms with E-state index in [1.165, 1.54) is 11.8 Å². The van der Waals surface area contributed by atoms with Gasteiger partial charge in [-0.3, -0.25) is 0 Å². The van der Waals surface area contributed by atoms with E-state index < -0.39 is 23.7 Å². The summed E-state index contributed by atoms with van der Waals surface area (Å²) in [7, 11) is 0. The molecule has 0 aliphatic carbocycles. The first-order valence-electron chi connectivity index (χ1n) is 5.46. The molecule has 0 saturated carbocycles. The van der Waals surface area contributed by atoms with Crippen LogP contribution in [0.1, 0.15) is 27.7 Å². The summed E-state index contributed by atoms with van der Waals surface area (Å²) in [5.74, 6) is 5.23. The number of rotatable bonds is 5. The number of ether oxygens (including phenoxy) is 1. The highest BCUT2D eigenvalue weighted by atomic mass is 32.2. The Morgan fingerprint density at radius 1 is 1.44 bits per heavy atom. The van der Waals surface area contributed by atoms with Crippen LogP contribution in [0.5, 0.6) is 0 Å². The summed E-state index contributed by atoms with van der Waals surface area (Å²) in [6.07, 6.45) is -0.725. The monoisotopic (exact) mass is 273 g/mol. The SMILES string of the molecule is CC#CCSCC(NC(=O)OC(C)(C)C)C(=O)O. The summed E-state index contributed by atoms with van der Waals surface area (Å²) in [5.41, 5.74) is -0.645. The number of carboxylic acid groups (broad SMARTS) is 1. The third kappa shape index (κ3) is 8.76. The molecule has 0 aromatic carbocycles. The molecule has 5 nitrogen and oxygen atoms in total. The van der Waals surface area contributed by atoms with Crippen LogP contribution in [0.25, 0.3) is 0 Å². The minimum absolute atomic E-state index is 0.253. The van der Waals surface area contributed by atoms with Crippen LogP contribution in [-0.2, 0) is 9.53 Å². The van der Waals surface area contributed by atoms with Crippen molar-refractivity contribution in [2.75, 3.05) is 11.5 Å². The highest BCUT2D eigenvalue weighted by molar-refractivity contribution is 7.99. The Morgan fingerprint density at radius 3 is 2.50 bits per heavy atom. The van der Waals surface area contributed by atoms with Crippen LogP contribution in [-0.4, -0.2) is 40.3 Å². The number of nitrogens with one attached hydrogen (secondary N) is 1. The maximum Gasteiger partial charge on any atom is 0.408 e. The van der Waals surface area contributed by atoms with Gasteiger partial charge in [-0.2, -0.15) is 0 Å². The van der Waals surface area contributed by atoms with Crippen molar-refractivity contribution in [1.82, 2.24) is 5.32 Å². The fraction of sp³-hybridized carbons (Fsp3) is 0.667. The Balaban J connectivity index is 4.22. The van der Waals surface area contributed by atoms with Gasteiger partial charge in [-0.1, -0.05) is 5.92 Å². The van der Waals surface area contributed by atoms with Gasteiger partial charge in [-0.15, -0.1) is 17.7 Å². The van der Waals surface area contributed by atoms with Crippen LogP contribution in [0.4, 0.5) is 4.79 Å². The second-order valence-corrected chi connectivity index (χ2v) is 5.51. The van der Waals surface area contributed by atoms with Gasteiger partial charge < -0.3 is 15.2 Å². The number of aliphatic carboxylic acids is 1. The molecular weight excluding hydrogens is 254 g/mol. The van der Waals surface area contributed by atoms with Crippen LogP contribution in [0, 0.1) is 11.8 Å². The smallest absolute Gasteiger partial charge is 0.408 e.